The lowest BCUT2D eigenvalue weighted by Crippen LogP contribution is -2.38. The van der Waals surface area contributed by atoms with E-state index in [2.05, 4.69) is 9.97 Å². The molecule has 1 aliphatic heterocycles. The minimum atomic E-state index is -0.0941. The number of hydrogen-bond donors (Lipinski definition) is 1. The molecular weight excluding hydrogens is 358 g/mol. The first kappa shape index (κ1) is 17.9. The van der Waals surface area contributed by atoms with E-state index >= 15 is 0 Å². The standard InChI is InChI=1S/C21H23N3O2S/c1-14-2-3-16-13-17(20(26)23-18(16)12-14)4-5-19(25)24-9-6-15(7-10-24)21-22-8-11-27-21/h2-3,8,11-13,15H,4-7,9-10H2,1H3,(H,23,26). The number of carbonyl (C=O) groups is 1. The van der Waals surface area contributed by atoms with Crippen LogP contribution in [0.4, 0.5) is 0 Å². The number of benzene rings is 1. The van der Waals surface area contributed by atoms with E-state index in [1.165, 1.54) is 5.01 Å². The van der Waals surface area contributed by atoms with Gasteiger partial charge >= 0.3 is 0 Å². The molecule has 0 bridgehead atoms. The van der Waals surface area contributed by atoms with Crippen molar-refractivity contribution in [2.45, 2.75) is 38.5 Å². The Morgan fingerprint density at radius 3 is 2.85 bits per heavy atom. The molecule has 3 heterocycles. The van der Waals surface area contributed by atoms with E-state index < -0.39 is 0 Å². The first-order valence-corrected chi connectivity index (χ1v) is 10.3. The van der Waals surface area contributed by atoms with Crippen LogP contribution in [0.25, 0.3) is 10.9 Å². The Labute approximate surface area is 162 Å². The van der Waals surface area contributed by atoms with E-state index in [1.807, 2.05) is 47.7 Å². The van der Waals surface area contributed by atoms with Crippen LogP contribution < -0.4 is 5.56 Å². The fourth-order valence-corrected chi connectivity index (χ4v) is 4.57. The maximum atomic E-state index is 12.6. The Balaban J connectivity index is 1.37. The minimum absolute atomic E-state index is 0.0941. The highest BCUT2D eigenvalue weighted by atomic mass is 32.1. The number of pyridine rings is 1. The van der Waals surface area contributed by atoms with Gasteiger partial charge in [0.25, 0.3) is 5.56 Å². The molecule has 1 amide bonds. The maximum absolute atomic E-state index is 12.6. The fourth-order valence-electron chi connectivity index (χ4n) is 3.76. The van der Waals surface area contributed by atoms with Crippen molar-refractivity contribution in [2.24, 2.45) is 0 Å². The SMILES string of the molecule is Cc1ccc2cc(CCC(=O)N3CCC(c4nccs4)CC3)c(=O)[nH]c2c1. The number of nitrogens with one attached hydrogen (secondary N) is 1. The topological polar surface area (TPSA) is 66.1 Å². The summed E-state index contributed by atoms with van der Waals surface area (Å²) in [5.41, 5.74) is 2.54. The second kappa shape index (κ2) is 7.64. The first-order chi connectivity index (χ1) is 13.1. The summed E-state index contributed by atoms with van der Waals surface area (Å²) < 4.78 is 0. The van der Waals surface area contributed by atoms with Gasteiger partial charge in [0, 0.05) is 48.1 Å². The van der Waals surface area contributed by atoms with Gasteiger partial charge in [-0.25, -0.2) is 4.98 Å². The maximum Gasteiger partial charge on any atom is 0.251 e. The van der Waals surface area contributed by atoms with Crippen LogP contribution in [0.2, 0.25) is 0 Å². The smallest absolute Gasteiger partial charge is 0.251 e. The molecule has 4 rings (SSSR count). The highest BCUT2D eigenvalue weighted by Crippen LogP contribution is 2.29. The second-order valence-corrected chi connectivity index (χ2v) is 8.17. The number of carbonyl (C=O) groups excluding carboxylic acids is 1. The molecule has 0 saturated carbocycles. The number of amides is 1. The Kier molecular flexibility index (Phi) is 5.07. The van der Waals surface area contributed by atoms with Crippen LogP contribution >= 0.6 is 11.3 Å². The van der Waals surface area contributed by atoms with Crippen molar-refractivity contribution in [3.05, 3.63) is 62.3 Å². The third kappa shape index (κ3) is 3.95. The van der Waals surface area contributed by atoms with Gasteiger partial charge in [0.2, 0.25) is 5.91 Å². The van der Waals surface area contributed by atoms with Crippen LogP contribution in [0.1, 0.15) is 41.3 Å². The molecular formula is C21H23N3O2S. The molecule has 1 saturated heterocycles. The highest BCUT2D eigenvalue weighted by molar-refractivity contribution is 7.09. The largest absolute Gasteiger partial charge is 0.343 e. The van der Waals surface area contributed by atoms with Gasteiger partial charge in [-0.2, -0.15) is 0 Å². The van der Waals surface area contributed by atoms with Gasteiger partial charge in [-0.05, 0) is 49.3 Å². The van der Waals surface area contributed by atoms with Crippen molar-refractivity contribution in [2.75, 3.05) is 13.1 Å². The third-order valence-electron chi connectivity index (χ3n) is 5.33. The first-order valence-electron chi connectivity index (χ1n) is 9.40. The predicted molar refractivity (Wildman–Crippen MR) is 108 cm³/mol. The average Bonchev–Trinajstić information content (AvgIpc) is 3.21. The van der Waals surface area contributed by atoms with Crippen molar-refractivity contribution in [1.29, 1.82) is 0 Å². The second-order valence-electron chi connectivity index (χ2n) is 7.24. The Morgan fingerprint density at radius 2 is 2.11 bits per heavy atom. The zero-order valence-corrected chi connectivity index (χ0v) is 16.2. The predicted octanol–water partition coefficient (Wildman–Crippen LogP) is 3.63. The van der Waals surface area contributed by atoms with Crippen molar-refractivity contribution in [3.8, 4) is 0 Å². The molecule has 5 nitrogen and oxygen atoms in total. The lowest BCUT2D eigenvalue weighted by atomic mass is 9.97. The Hall–Kier alpha value is -2.47. The number of thiazole rings is 1. The van der Waals surface area contributed by atoms with Gasteiger partial charge in [-0.15, -0.1) is 11.3 Å². The van der Waals surface area contributed by atoms with Gasteiger partial charge in [0.05, 0.1) is 5.01 Å². The van der Waals surface area contributed by atoms with Crippen LogP contribution in [0.3, 0.4) is 0 Å². The molecule has 1 aromatic carbocycles. The Morgan fingerprint density at radius 1 is 1.30 bits per heavy atom. The highest BCUT2D eigenvalue weighted by Gasteiger charge is 2.25. The van der Waals surface area contributed by atoms with Crippen LogP contribution in [0.15, 0.2) is 40.6 Å². The quantitative estimate of drug-likeness (QED) is 0.750. The molecule has 0 spiro atoms. The zero-order valence-electron chi connectivity index (χ0n) is 15.4. The molecule has 0 unspecified atom stereocenters. The average molecular weight is 382 g/mol. The fraction of sp³-hybridized carbons (Fsp3) is 0.381. The van der Waals surface area contributed by atoms with Crippen molar-refractivity contribution in [3.63, 3.8) is 0 Å². The molecule has 0 atom stereocenters. The molecule has 27 heavy (non-hydrogen) atoms. The number of piperidine rings is 1. The number of H-pyrrole nitrogens is 1. The lowest BCUT2D eigenvalue weighted by molar-refractivity contribution is -0.132. The summed E-state index contributed by atoms with van der Waals surface area (Å²) in [5.74, 6) is 0.608. The van der Waals surface area contributed by atoms with Crippen LogP contribution in [0.5, 0.6) is 0 Å². The monoisotopic (exact) mass is 381 g/mol. The molecule has 140 valence electrons. The molecule has 2 aromatic heterocycles. The number of aromatic amines is 1. The van der Waals surface area contributed by atoms with E-state index in [-0.39, 0.29) is 11.5 Å². The van der Waals surface area contributed by atoms with Crippen molar-refractivity contribution in [1.82, 2.24) is 14.9 Å². The summed E-state index contributed by atoms with van der Waals surface area (Å²) in [6.45, 7) is 3.55. The number of aromatic nitrogens is 2. The number of fused-ring (bicyclic) bond motifs is 1. The molecule has 1 fully saturated rings. The summed E-state index contributed by atoms with van der Waals surface area (Å²) in [5, 5.41) is 4.20. The van der Waals surface area contributed by atoms with Crippen molar-refractivity contribution < 1.29 is 4.79 Å². The minimum Gasteiger partial charge on any atom is -0.343 e. The van der Waals surface area contributed by atoms with E-state index in [1.54, 1.807) is 11.3 Å². The molecule has 1 N–H and O–H groups in total. The third-order valence-corrected chi connectivity index (χ3v) is 6.27. The summed E-state index contributed by atoms with van der Waals surface area (Å²) in [6.07, 6.45) is 4.64. The molecule has 0 aliphatic carbocycles. The molecule has 0 radical (unpaired) electrons. The summed E-state index contributed by atoms with van der Waals surface area (Å²) in [6, 6.07) is 7.92. The number of aryl methyl sites for hydroxylation is 2. The van der Waals surface area contributed by atoms with Gasteiger partial charge < -0.3 is 9.88 Å². The lowest BCUT2D eigenvalue weighted by Gasteiger charge is -2.31. The van der Waals surface area contributed by atoms with Gasteiger partial charge in [0.15, 0.2) is 0 Å². The number of hydrogen-bond acceptors (Lipinski definition) is 4. The van der Waals surface area contributed by atoms with E-state index in [0.29, 0.717) is 24.3 Å². The number of nitrogens with zero attached hydrogens (tertiary/aromatic N) is 2. The Bertz CT molecular complexity index is 1000. The molecule has 6 heteroatoms. The van der Waals surface area contributed by atoms with Crippen LogP contribution in [-0.4, -0.2) is 33.9 Å². The van der Waals surface area contributed by atoms with Crippen molar-refractivity contribution >= 4 is 28.1 Å². The van der Waals surface area contributed by atoms with Gasteiger partial charge in [-0.3, -0.25) is 9.59 Å². The molecule has 3 aromatic rings. The van der Waals surface area contributed by atoms with Gasteiger partial charge in [-0.1, -0.05) is 12.1 Å². The number of likely N-dealkylation sites (tertiary alicyclic amines) is 1. The summed E-state index contributed by atoms with van der Waals surface area (Å²) >= 11 is 1.70. The van der Waals surface area contributed by atoms with Gasteiger partial charge in [0.1, 0.15) is 0 Å². The van der Waals surface area contributed by atoms with E-state index in [9.17, 15) is 9.59 Å². The normalized spacial score (nSPS) is 15.4. The molecule has 1 aliphatic rings. The summed E-state index contributed by atoms with van der Waals surface area (Å²) in [4.78, 5) is 34.2. The number of rotatable bonds is 4. The van der Waals surface area contributed by atoms with E-state index in [0.717, 1.165) is 42.4 Å². The van der Waals surface area contributed by atoms with E-state index in [4.69, 9.17) is 0 Å². The zero-order chi connectivity index (χ0) is 18.8. The summed E-state index contributed by atoms with van der Waals surface area (Å²) in [7, 11) is 0. The van der Waals surface area contributed by atoms with Crippen LogP contribution in [0, 0.1) is 6.92 Å². The van der Waals surface area contributed by atoms with Crippen LogP contribution in [-0.2, 0) is 11.2 Å².